The van der Waals surface area contributed by atoms with E-state index in [4.69, 9.17) is 4.74 Å². The summed E-state index contributed by atoms with van der Waals surface area (Å²) < 4.78 is 5.30. The monoisotopic (exact) mass is 270 g/mol. The number of aliphatic hydroxyl groups excluding tert-OH is 1. The van der Waals surface area contributed by atoms with Gasteiger partial charge in [0, 0.05) is 37.0 Å². The predicted octanol–water partition coefficient (Wildman–Crippen LogP) is 1.17. The topological polar surface area (TPSA) is 53.0 Å². The highest BCUT2D eigenvalue weighted by atomic mass is 16.6. The first-order chi connectivity index (χ1) is 8.66. The molecule has 2 saturated heterocycles. The Morgan fingerprint density at radius 2 is 1.68 bits per heavy atom. The molecule has 2 atom stereocenters. The van der Waals surface area contributed by atoms with E-state index in [0.717, 1.165) is 13.1 Å². The minimum absolute atomic E-state index is 0.109. The molecule has 0 aromatic heterocycles. The number of carbonyl (C=O) groups is 1. The molecule has 2 bridgehead atoms. The van der Waals surface area contributed by atoms with Gasteiger partial charge >= 0.3 is 6.09 Å². The first kappa shape index (κ1) is 14.6. The number of nitrogens with zero attached hydrogens (tertiary/aromatic N) is 2. The van der Waals surface area contributed by atoms with Gasteiger partial charge < -0.3 is 19.6 Å². The number of fused-ring (bicyclic) bond motifs is 2. The summed E-state index contributed by atoms with van der Waals surface area (Å²) in [5, 5.41) is 10.6. The van der Waals surface area contributed by atoms with E-state index in [1.165, 1.54) is 0 Å². The molecule has 2 aliphatic heterocycles. The van der Waals surface area contributed by atoms with Crippen molar-refractivity contribution in [2.24, 2.45) is 10.8 Å². The summed E-state index contributed by atoms with van der Waals surface area (Å²) >= 11 is 0. The molecule has 19 heavy (non-hydrogen) atoms. The normalized spacial score (nSPS) is 39.5. The Morgan fingerprint density at radius 3 is 2.11 bits per heavy atom. The van der Waals surface area contributed by atoms with Crippen molar-refractivity contribution in [1.82, 2.24) is 9.80 Å². The Kier molecular flexibility index (Phi) is 3.56. The van der Waals surface area contributed by atoms with Crippen molar-refractivity contribution in [3.05, 3.63) is 0 Å². The van der Waals surface area contributed by atoms with E-state index >= 15 is 0 Å². The van der Waals surface area contributed by atoms with E-state index in [9.17, 15) is 9.90 Å². The zero-order valence-corrected chi connectivity index (χ0v) is 12.6. The largest absolute Gasteiger partial charge is 0.447 e. The number of hydrogen-bond donors (Lipinski definition) is 1. The van der Waals surface area contributed by atoms with Gasteiger partial charge in [0.2, 0.25) is 0 Å². The second kappa shape index (κ2) is 4.63. The fraction of sp³-hybridized carbons (Fsp3) is 0.929. The van der Waals surface area contributed by atoms with E-state index in [-0.39, 0.29) is 29.1 Å². The highest BCUT2D eigenvalue weighted by molar-refractivity contribution is 5.68. The van der Waals surface area contributed by atoms with Crippen LogP contribution in [-0.2, 0) is 4.74 Å². The Labute approximate surface area is 115 Å². The number of hydrogen-bond acceptors (Lipinski definition) is 4. The highest BCUT2D eigenvalue weighted by Crippen LogP contribution is 2.45. The maximum Gasteiger partial charge on any atom is 0.410 e. The smallest absolute Gasteiger partial charge is 0.410 e. The van der Waals surface area contributed by atoms with Crippen LogP contribution in [0.3, 0.4) is 0 Å². The van der Waals surface area contributed by atoms with Crippen LogP contribution in [0.2, 0.25) is 0 Å². The average Bonchev–Trinajstić information content (AvgIpc) is 2.21. The summed E-state index contributed by atoms with van der Waals surface area (Å²) in [6.07, 6.45) is -0.745. The highest BCUT2D eigenvalue weighted by Gasteiger charge is 2.56. The Morgan fingerprint density at radius 1 is 1.21 bits per heavy atom. The van der Waals surface area contributed by atoms with E-state index < -0.39 is 0 Å². The van der Waals surface area contributed by atoms with Crippen molar-refractivity contribution in [3.63, 3.8) is 0 Å². The molecule has 2 aliphatic rings. The summed E-state index contributed by atoms with van der Waals surface area (Å²) in [4.78, 5) is 16.1. The SMILES string of the molecule is CC(C)OC(=O)N1CC2(C)CN(C)CC(C)(C1)C2O. The lowest BCUT2D eigenvalue weighted by Gasteiger charge is -2.59. The summed E-state index contributed by atoms with van der Waals surface area (Å²) in [7, 11) is 2.07. The fourth-order valence-corrected chi connectivity index (χ4v) is 3.91. The molecule has 5 heteroatoms. The van der Waals surface area contributed by atoms with Gasteiger partial charge in [-0.2, -0.15) is 0 Å². The van der Waals surface area contributed by atoms with Crippen LogP contribution in [0.5, 0.6) is 0 Å². The number of ether oxygens (including phenoxy) is 1. The minimum atomic E-state index is -0.376. The third-order valence-electron chi connectivity index (χ3n) is 4.28. The summed E-state index contributed by atoms with van der Waals surface area (Å²) in [5.41, 5.74) is -0.563. The number of rotatable bonds is 1. The van der Waals surface area contributed by atoms with Crippen LogP contribution in [0, 0.1) is 10.8 Å². The first-order valence-electron chi connectivity index (χ1n) is 6.98. The molecule has 0 saturated carbocycles. The first-order valence-corrected chi connectivity index (χ1v) is 6.98. The van der Waals surface area contributed by atoms with Crippen LogP contribution in [-0.4, -0.2) is 66.4 Å². The van der Waals surface area contributed by atoms with Crippen LogP contribution in [0.15, 0.2) is 0 Å². The average molecular weight is 270 g/mol. The Bertz CT molecular complexity index is 352. The van der Waals surface area contributed by atoms with Crippen LogP contribution < -0.4 is 0 Å². The van der Waals surface area contributed by atoms with Crippen LogP contribution in [0.4, 0.5) is 4.79 Å². The maximum atomic E-state index is 12.1. The van der Waals surface area contributed by atoms with Crippen molar-refractivity contribution in [3.8, 4) is 0 Å². The summed E-state index contributed by atoms with van der Waals surface area (Å²) in [6.45, 7) is 10.5. The van der Waals surface area contributed by atoms with Crippen molar-refractivity contribution in [1.29, 1.82) is 0 Å². The number of carbonyl (C=O) groups excluding carboxylic acids is 1. The third-order valence-corrected chi connectivity index (χ3v) is 4.28. The molecule has 110 valence electrons. The van der Waals surface area contributed by atoms with Crippen molar-refractivity contribution >= 4 is 6.09 Å². The zero-order valence-electron chi connectivity index (χ0n) is 12.6. The van der Waals surface area contributed by atoms with Gasteiger partial charge in [0.1, 0.15) is 0 Å². The summed E-state index contributed by atoms with van der Waals surface area (Å²) in [5.74, 6) is 0. The molecule has 2 fully saturated rings. The number of amides is 1. The molecule has 0 radical (unpaired) electrons. The summed E-state index contributed by atoms with van der Waals surface area (Å²) in [6, 6.07) is 0. The molecule has 2 unspecified atom stereocenters. The fourth-order valence-electron chi connectivity index (χ4n) is 3.91. The molecule has 1 N–H and O–H groups in total. The van der Waals surface area contributed by atoms with E-state index in [2.05, 4.69) is 25.8 Å². The second-order valence-corrected chi connectivity index (χ2v) is 7.17. The molecule has 2 rings (SSSR count). The van der Waals surface area contributed by atoms with Gasteiger partial charge in [-0.3, -0.25) is 0 Å². The van der Waals surface area contributed by atoms with Crippen molar-refractivity contribution in [2.75, 3.05) is 33.2 Å². The Balaban J connectivity index is 2.19. The van der Waals surface area contributed by atoms with Gasteiger partial charge in [-0.05, 0) is 20.9 Å². The molecule has 5 nitrogen and oxygen atoms in total. The van der Waals surface area contributed by atoms with Crippen LogP contribution in [0.1, 0.15) is 27.7 Å². The predicted molar refractivity (Wildman–Crippen MR) is 72.9 cm³/mol. The zero-order chi connectivity index (χ0) is 14.4. The third kappa shape index (κ3) is 2.58. The maximum absolute atomic E-state index is 12.1. The van der Waals surface area contributed by atoms with Gasteiger partial charge in [-0.25, -0.2) is 4.79 Å². The number of likely N-dealkylation sites (tertiary alicyclic amines) is 2. The number of piperidine rings is 2. The van der Waals surface area contributed by atoms with E-state index in [0.29, 0.717) is 13.1 Å². The van der Waals surface area contributed by atoms with Gasteiger partial charge in [0.05, 0.1) is 12.2 Å². The standard InChI is InChI=1S/C14H26N2O3/c1-10(2)19-12(18)16-8-13(3)6-15(5)7-14(4,9-16)11(13)17/h10-11,17H,6-9H2,1-5H3. The van der Waals surface area contributed by atoms with Crippen LogP contribution in [0.25, 0.3) is 0 Å². The van der Waals surface area contributed by atoms with Gasteiger partial charge in [0.25, 0.3) is 0 Å². The molecule has 0 aromatic carbocycles. The van der Waals surface area contributed by atoms with Crippen molar-refractivity contribution in [2.45, 2.75) is 39.9 Å². The lowest BCUT2D eigenvalue weighted by molar-refractivity contribution is -0.164. The molecule has 1 amide bonds. The lowest BCUT2D eigenvalue weighted by atomic mass is 9.63. The second-order valence-electron chi connectivity index (χ2n) is 7.17. The van der Waals surface area contributed by atoms with E-state index in [1.807, 2.05) is 13.8 Å². The van der Waals surface area contributed by atoms with E-state index in [1.54, 1.807) is 4.90 Å². The van der Waals surface area contributed by atoms with Gasteiger partial charge in [0.15, 0.2) is 0 Å². The Hall–Kier alpha value is -0.810. The molecular formula is C14H26N2O3. The van der Waals surface area contributed by atoms with Gasteiger partial charge in [-0.1, -0.05) is 13.8 Å². The quantitative estimate of drug-likeness (QED) is 0.777. The molecule has 0 aliphatic carbocycles. The molecule has 0 spiro atoms. The lowest BCUT2D eigenvalue weighted by Crippen LogP contribution is -2.70. The number of aliphatic hydroxyl groups is 1. The molecule has 2 heterocycles. The minimum Gasteiger partial charge on any atom is -0.447 e. The van der Waals surface area contributed by atoms with Crippen LogP contribution >= 0.6 is 0 Å². The molecular weight excluding hydrogens is 244 g/mol. The molecule has 0 aromatic rings. The van der Waals surface area contributed by atoms with Gasteiger partial charge in [-0.15, -0.1) is 0 Å². The van der Waals surface area contributed by atoms with Crippen molar-refractivity contribution < 1.29 is 14.6 Å².